The smallest absolute Gasteiger partial charge is 0.274 e. The number of aromatic nitrogens is 2. The van der Waals surface area contributed by atoms with E-state index in [-0.39, 0.29) is 24.0 Å². The van der Waals surface area contributed by atoms with Crippen molar-refractivity contribution < 1.29 is 9.72 Å². The predicted octanol–water partition coefficient (Wildman–Crippen LogP) is 2.03. The minimum absolute atomic E-state index is 0. The number of piperidine rings is 1. The summed E-state index contributed by atoms with van der Waals surface area (Å²) in [4.78, 5) is 24.6. The second-order valence-corrected chi connectivity index (χ2v) is 5.77. The van der Waals surface area contributed by atoms with Crippen molar-refractivity contribution in [2.45, 2.75) is 18.9 Å². The molecule has 0 unspecified atom stereocenters. The maximum Gasteiger partial charge on any atom is 0.274 e. The molecule has 0 atom stereocenters. The Morgan fingerprint density at radius 2 is 1.88 bits per heavy atom. The molecule has 1 aromatic carbocycles. The number of nitrogens with one attached hydrogen (secondary N) is 1. The Morgan fingerprint density at radius 3 is 2.44 bits per heavy atom. The van der Waals surface area contributed by atoms with Crippen molar-refractivity contribution in [2.24, 2.45) is 0 Å². The summed E-state index contributed by atoms with van der Waals surface area (Å²) in [5.74, 6) is -0.0785. The first-order valence-electron chi connectivity index (χ1n) is 7.85. The van der Waals surface area contributed by atoms with Gasteiger partial charge in [-0.1, -0.05) is 0 Å². The van der Waals surface area contributed by atoms with Gasteiger partial charge in [0.1, 0.15) is 0 Å². The molecule has 2 aromatic rings. The van der Waals surface area contributed by atoms with Crippen LogP contribution in [-0.2, 0) is 0 Å². The molecule has 8 nitrogen and oxygen atoms in total. The van der Waals surface area contributed by atoms with E-state index in [2.05, 4.69) is 10.4 Å². The van der Waals surface area contributed by atoms with Crippen LogP contribution in [-0.4, -0.2) is 51.7 Å². The van der Waals surface area contributed by atoms with Gasteiger partial charge in [-0.25, -0.2) is 4.68 Å². The van der Waals surface area contributed by atoms with Crippen molar-refractivity contribution in [3.63, 3.8) is 0 Å². The molecule has 0 aliphatic carbocycles. The zero-order chi connectivity index (χ0) is 17.1. The highest BCUT2D eigenvalue weighted by Gasteiger charge is 2.24. The average molecular weight is 366 g/mol. The van der Waals surface area contributed by atoms with Crippen LogP contribution in [0, 0.1) is 10.1 Å². The van der Waals surface area contributed by atoms with Gasteiger partial charge in [0, 0.05) is 37.5 Å². The third kappa shape index (κ3) is 4.15. The van der Waals surface area contributed by atoms with Crippen LogP contribution in [0.25, 0.3) is 5.69 Å². The van der Waals surface area contributed by atoms with Crippen molar-refractivity contribution >= 4 is 24.0 Å². The Kier molecular flexibility index (Phi) is 6.11. The quantitative estimate of drug-likeness (QED) is 0.661. The van der Waals surface area contributed by atoms with E-state index in [1.807, 2.05) is 11.9 Å². The minimum atomic E-state index is -0.448. The van der Waals surface area contributed by atoms with E-state index in [0.717, 1.165) is 12.8 Å². The number of non-ortho nitro benzene ring substituents is 1. The van der Waals surface area contributed by atoms with Crippen molar-refractivity contribution in [3.8, 4) is 5.69 Å². The summed E-state index contributed by atoms with van der Waals surface area (Å²) in [6.45, 7) is 1.43. The summed E-state index contributed by atoms with van der Waals surface area (Å²) in [6.07, 6.45) is 3.56. The fraction of sp³-hybridized carbons (Fsp3) is 0.375. The molecule has 1 N–H and O–H groups in total. The normalized spacial score (nSPS) is 14.8. The lowest BCUT2D eigenvalue weighted by molar-refractivity contribution is -0.384. The molecule has 0 radical (unpaired) electrons. The van der Waals surface area contributed by atoms with Gasteiger partial charge in [-0.05, 0) is 38.1 Å². The number of nitro groups is 1. The maximum absolute atomic E-state index is 12.5. The Hall–Kier alpha value is -2.45. The lowest BCUT2D eigenvalue weighted by atomic mass is 10.1. The van der Waals surface area contributed by atoms with E-state index in [1.165, 1.54) is 12.1 Å². The van der Waals surface area contributed by atoms with Crippen molar-refractivity contribution in [3.05, 3.63) is 52.3 Å². The second-order valence-electron chi connectivity index (χ2n) is 5.77. The fourth-order valence-electron chi connectivity index (χ4n) is 2.84. The summed E-state index contributed by atoms with van der Waals surface area (Å²) >= 11 is 0. The molecule has 0 saturated carbocycles. The van der Waals surface area contributed by atoms with Crippen LogP contribution in [0.2, 0.25) is 0 Å². The van der Waals surface area contributed by atoms with Crippen molar-refractivity contribution in [1.29, 1.82) is 0 Å². The van der Waals surface area contributed by atoms with Crippen molar-refractivity contribution in [2.75, 3.05) is 20.1 Å². The van der Waals surface area contributed by atoms with E-state index < -0.39 is 4.92 Å². The molecular formula is C16H20ClN5O3. The van der Waals surface area contributed by atoms with Gasteiger partial charge in [0.25, 0.3) is 11.6 Å². The summed E-state index contributed by atoms with van der Waals surface area (Å²) < 4.78 is 1.55. The molecule has 0 spiro atoms. The molecule has 1 aromatic heterocycles. The predicted molar refractivity (Wildman–Crippen MR) is 95.5 cm³/mol. The largest absolute Gasteiger partial charge is 0.337 e. The van der Waals surface area contributed by atoms with E-state index >= 15 is 0 Å². The topological polar surface area (TPSA) is 93.3 Å². The first kappa shape index (κ1) is 18.9. The number of nitro benzene ring substituents is 1. The Bertz CT molecular complexity index is 738. The number of carbonyl (C=O) groups excluding carboxylic acids is 1. The number of benzene rings is 1. The summed E-state index contributed by atoms with van der Waals surface area (Å²) in [7, 11) is 1.94. The van der Waals surface area contributed by atoms with E-state index in [4.69, 9.17) is 0 Å². The van der Waals surface area contributed by atoms with Crippen LogP contribution in [0.15, 0.2) is 36.5 Å². The number of hydrogen-bond acceptors (Lipinski definition) is 5. The molecule has 2 heterocycles. The number of rotatable bonds is 4. The van der Waals surface area contributed by atoms with Gasteiger partial charge in [0.15, 0.2) is 5.69 Å². The molecular weight excluding hydrogens is 346 g/mol. The maximum atomic E-state index is 12.5. The molecule has 1 amide bonds. The SMILES string of the molecule is CNC1CCN(C(=O)c2ccn(-c3ccc([N+](=O)[O-])cc3)n2)CC1.Cl. The summed E-state index contributed by atoms with van der Waals surface area (Å²) in [5, 5.41) is 18.2. The van der Waals surface area contributed by atoms with Gasteiger partial charge in [-0.15, -0.1) is 12.4 Å². The van der Waals surface area contributed by atoms with Crippen molar-refractivity contribution in [1.82, 2.24) is 20.0 Å². The molecule has 25 heavy (non-hydrogen) atoms. The monoisotopic (exact) mass is 365 g/mol. The summed E-state index contributed by atoms with van der Waals surface area (Å²) in [6, 6.07) is 8.19. The van der Waals surface area contributed by atoms with Crippen LogP contribution in [0.4, 0.5) is 5.69 Å². The Morgan fingerprint density at radius 1 is 1.24 bits per heavy atom. The molecule has 1 fully saturated rings. The lowest BCUT2D eigenvalue weighted by Gasteiger charge is -2.31. The second kappa shape index (κ2) is 8.09. The highest BCUT2D eigenvalue weighted by atomic mass is 35.5. The highest BCUT2D eigenvalue weighted by molar-refractivity contribution is 5.92. The Labute approximate surface area is 151 Å². The van der Waals surface area contributed by atoms with Gasteiger partial charge >= 0.3 is 0 Å². The number of nitrogens with zero attached hydrogens (tertiary/aromatic N) is 4. The average Bonchev–Trinajstić information content (AvgIpc) is 3.11. The zero-order valence-electron chi connectivity index (χ0n) is 13.8. The van der Waals surface area contributed by atoms with Gasteiger partial charge in [0.2, 0.25) is 0 Å². The Balaban J connectivity index is 0.00000225. The van der Waals surface area contributed by atoms with Crippen LogP contribution in [0.1, 0.15) is 23.3 Å². The fourth-order valence-corrected chi connectivity index (χ4v) is 2.84. The van der Waals surface area contributed by atoms with Crippen LogP contribution >= 0.6 is 12.4 Å². The van der Waals surface area contributed by atoms with E-state index in [1.54, 1.807) is 29.1 Å². The summed E-state index contributed by atoms with van der Waals surface area (Å²) in [5.41, 5.74) is 1.08. The number of amides is 1. The minimum Gasteiger partial charge on any atom is -0.337 e. The molecule has 134 valence electrons. The molecule has 1 saturated heterocycles. The first-order valence-corrected chi connectivity index (χ1v) is 7.85. The standard InChI is InChI=1S/C16H19N5O3.ClH/c1-17-12-6-9-19(10-7-12)16(22)15-8-11-20(18-15)13-2-4-14(5-3-13)21(23)24;/h2-5,8,11-12,17H,6-7,9-10H2,1H3;1H. The van der Waals surface area contributed by atoms with E-state index in [9.17, 15) is 14.9 Å². The lowest BCUT2D eigenvalue weighted by Crippen LogP contribution is -2.44. The number of halogens is 1. The molecule has 1 aliphatic heterocycles. The molecule has 3 rings (SSSR count). The zero-order valence-corrected chi connectivity index (χ0v) is 14.6. The molecule has 1 aliphatic rings. The van der Waals surface area contributed by atoms with Crippen LogP contribution in [0.3, 0.4) is 0 Å². The van der Waals surface area contributed by atoms with Crippen LogP contribution < -0.4 is 5.32 Å². The van der Waals surface area contributed by atoms with E-state index in [0.29, 0.717) is 30.5 Å². The molecule has 0 bridgehead atoms. The van der Waals surface area contributed by atoms with Gasteiger partial charge in [0.05, 0.1) is 10.6 Å². The van der Waals surface area contributed by atoms with Gasteiger partial charge < -0.3 is 10.2 Å². The number of likely N-dealkylation sites (tertiary alicyclic amines) is 1. The number of carbonyl (C=O) groups is 1. The third-order valence-electron chi connectivity index (χ3n) is 4.32. The van der Waals surface area contributed by atoms with Gasteiger partial charge in [-0.2, -0.15) is 5.10 Å². The molecule has 9 heteroatoms. The van der Waals surface area contributed by atoms with Gasteiger partial charge in [-0.3, -0.25) is 14.9 Å². The third-order valence-corrected chi connectivity index (χ3v) is 4.32. The highest BCUT2D eigenvalue weighted by Crippen LogP contribution is 2.16. The number of hydrogen-bond donors (Lipinski definition) is 1. The first-order chi connectivity index (χ1) is 11.6. The van der Waals surface area contributed by atoms with Crippen LogP contribution in [0.5, 0.6) is 0 Å².